The minimum absolute atomic E-state index is 0.188. The minimum atomic E-state index is -0.854. The third-order valence-electron chi connectivity index (χ3n) is 6.01. The van der Waals surface area contributed by atoms with E-state index in [2.05, 4.69) is 5.32 Å². The molecule has 4 rings (SSSR count). The van der Waals surface area contributed by atoms with Gasteiger partial charge in [0.25, 0.3) is 11.6 Å². The Kier molecular flexibility index (Phi) is 4.77. The molecule has 3 amide bonds. The Morgan fingerprint density at radius 3 is 2.45 bits per heavy atom. The molecule has 2 bridgehead atoms. The molecule has 0 aromatic heterocycles. The van der Waals surface area contributed by atoms with Crippen molar-refractivity contribution in [3.8, 4) is 0 Å². The molecule has 3 aliphatic rings. The van der Waals surface area contributed by atoms with Crippen LogP contribution in [-0.4, -0.2) is 46.7 Å². The van der Waals surface area contributed by atoms with Crippen LogP contribution in [0.2, 0.25) is 0 Å². The number of nitrogens with zero attached hydrogens (tertiary/aromatic N) is 2. The fourth-order valence-corrected chi connectivity index (χ4v) is 4.84. The van der Waals surface area contributed by atoms with Crippen LogP contribution in [0.5, 0.6) is 0 Å². The van der Waals surface area contributed by atoms with Gasteiger partial charge in [0.2, 0.25) is 11.8 Å². The van der Waals surface area contributed by atoms with Crippen LogP contribution in [-0.2, 0) is 23.9 Å². The van der Waals surface area contributed by atoms with E-state index >= 15 is 0 Å². The van der Waals surface area contributed by atoms with Crippen molar-refractivity contribution in [1.82, 2.24) is 4.90 Å². The van der Waals surface area contributed by atoms with E-state index in [-0.39, 0.29) is 46.9 Å². The molecule has 2 aliphatic carbocycles. The first-order valence-electron chi connectivity index (χ1n) is 9.40. The number of rotatable bonds is 6. The van der Waals surface area contributed by atoms with Gasteiger partial charge in [0.05, 0.1) is 16.8 Å². The normalized spacial score (nSPS) is 27.1. The number of nitro benzene ring substituents is 1. The second-order valence-corrected chi connectivity index (χ2v) is 7.66. The molecule has 1 aromatic rings. The maximum atomic E-state index is 12.6. The Hall–Kier alpha value is -3.30. The van der Waals surface area contributed by atoms with Crippen molar-refractivity contribution in [1.29, 1.82) is 0 Å². The maximum absolute atomic E-state index is 12.6. The highest BCUT2D eigenvalue weighted by molar-refractivity contribution is 6.07. The number of non-ortho nitro benzene ring substituents is 1. The summed E-state index contributed by atoms with van der Waals surface area (Å²) in [6.45, 7) is -1.13. The number of nitrogens with one attached hydrogen (secondary N) is 1. The molecule has 0 unspecified atom stereocenters. The summed E-state index contributed by atoms with van der Waals surface area (Å²) in [5.74, 6) is -2.35. The molecule has 3 fully saturated rings. The summed E-state index contributed by atoms with van der Waals surface area (Å²) in [4.78, 5) is 60.2. The zero-order valence-corrected chi connectivity index (χ0v) is 15.4. The van der Waals surface area contributed by atoms with Crippen molar-refractivity contribution in [2.75, 3.05) is 18.5 Å². The van der Waals surface area contributed by atoms with Crippen LogP contribution >= 0.6 is 0 Å². The molecule has 0 spiro atoms. The summed E-state index contributed by atoms with van der Waals surface area (Å²) in [6, 6.07) is 5.32. The summed E-state index contributed by atoms with van der Waals surface area (Å²) in [5, 5.41) is 13.1. The molecule has 10 nitrogen and oxygen atoms in total. The monoisotopic (exact) mass is 401 g/mol. The van der Waals surface area contributed by atoms with Gasteiger partial charge in [-0.3, -0.25) is 34.2 Å². The highest BCUT2D eigenvalue weighted by atomic mass is 16.6. The molecule has 29 heavy (non-hydrogen) atoms. The molecule has 0 radical (unpaired) electrons. The Bertz CT molecular complexity index is 887. The van der Waals surface area contributed by atoms with Gasteiger partial charge in [-0.1, -0.05) is 6.07 Å². The molecule has 2 saturated carbocycles. The van der Waals surface area contributed by atoms with Crippen molar-refractivity contribution in [2.45, 2.75) is 19.3 Å². The van der Waals surface area contributed by atoms with Gasteiger partial charge in [0, 0.05) is 17.8 Å². The number of anilines is 1. The number of fused-ring (bicyclic) bond motifs is 5. The Labute approximate surface area is 165 Å². The van der Waals surface area contributed by atoms with Crippen LogP contribution in [0.15, 0.2) is 24.3 Å². The number of carbonyl (C=O) groups excluding carboxylic acids is 4. The van der Waals surface area contributed by atoms with Gasteiger partial charge in [-0.2, -0.15) is 0 Å². The van der Waals surface area contributed by atoms with E-state index in [1.807, 2.05) is 0 Å². The number of benzene rings is 1. The fraction of sp³-hybridized carbons (Fsp3) is 0.474. The van der Waals surface area contributed by atoms with Crippen LogP contribution in [0.3, 0.4) is 0 Å². The molecule has 10 heteroatoms. The number of ether oxygens (including phenoxy) is 1. The number of likely N-dealkylation sites (tertiary alicyclic amines) is 1. The molecular weight excluding hydrogens is 382 g/mol. The zero-order valence-electron chi connectivity index (χ0n) is 15.4. The molecule has 1 aliphatic heterocycles. The predicted molar refractivity (Wildman–Crippen MR) is 97.2 cm³/mol. The maximum Gasteiger partial charge on any atom is 0.326 e. The average molecular weight is 401 g/mol. The standard InChI is InChI=1S/C19H19N3O7/c23-14(20-12-2-1-3-13(7-12)22(27)28)9-29-15(24)8-21-18(25)16-10-4-5-11(6-10)17(16)19(21)26/h1-3,7,10-11,16-17H,4-6,8-9H2,(H,20,23)/t10-,11-,16+,17+/m0/s1. The lowest BCUT2D eigenvalue weighted by Gasteiger charge is -2.19. The second kappa shape index (κ2) is 7.26. The lowest BCUT2D eigenvalue weighted by atomic mass is 9.81. The highest BCUT2D eigenvalue weighted by Crippen LogP contribution is 2.56. The molecule has 4 atom stereocenters. The first kappa shape index (κ1) is 19.0. The van der Waals surface area contributed by atoms with Gasteiger partial charge in [-0.05, 0) is 37.2 Å². The fourth-order valence-electron chi connectivity index (χ4n) is 4.84. The highest BCUT2D eigenvalue weighted by Gasteiger charge is 2.61. The van der Waals surface area contributed by atoms with E-state index in [1.54, 1.807) is 0 Å². The Morgan fingerprint density at radius 2 is 1.83 bits per heavy atom. The summed E-state index contributed by atoms with van der Waals surface area (Å²) in [5.41, 5.74) is -0.00110. The quantitative estimate of drug-likeness (QED) is 0.326. The summed E-state index contributed by atoms with van der Waals surface area (Å²) >= 11 is 0. The second-order valence-electron chi connectivity index (χ2n) is 7.66. The van der Waals surface area contributed by atoms with Crippen LogP contribution in [0.4, 0.5) is 11.4 Å². The topological polar surface area (TPSA) is 136 Å². The van der Waals surface area contributed by atoms with Crippen molar-refractivity contribution in [3.05, 3.63) is 34.4 Å². The smallest absolute Gasteiger partial charge is 0.326 e. The number of nitro groups is 1. The molecule has 152 valence electrons. The predicted octanol–water partition coefficient (Wildman–Crippen LogP) is 1.11. The van der Waals surface area contributed by atoms with Gasteiger partial charge in [-0.15, -0.1) is 0 Å². The van der Waals surface area contributed by atoms with Crippen LogP contribution in [0.1, 0.15) is 19.3 Å². The van der Waals surface area contributed by atoms with Gasteiger partial charge < -0.3 is 10.1 Å². The summed E-state index contributed by atoms with van der Waals surface area (Å²) in [6.07, 6.45) is 2.80. The number of amides is 3. The number of esters is 1. The zero-order chi connectivity index (χ0) is 20.7. The number of imide groups is 1. The van der Waals surface area contributed by atoms with E-state index in [0.29, 0.717) is 0 Å². The largest absolute Gasteiger partial charge is 0.454 e. The van der Waals surface area contributed by atoms with Crippen molar-refractivity contribution in [3.63, 3.8) is 0 Å². The van der Waals surface area contributed by atoms with E-state index in [9.17, 15) is 29.3 Å². The van der Waals surface area contributed by atoms with Gasteiger partial charge >= 0.3 is 5.97 Å². The SMILES string of the molecule is O=C(COC(=O)CN1C(=O)[C@@H]2[C@H]3CC[C@@H](C3)[C@H]2C1=O)Nc1cccc([N+](=O)[O-])c1. The Balaban J connectivity index is 1.29. The number of hydrogen-bond donors (Lipinski definition) is 1. The average Bonchev–Trinajstić information content (AvgIpc) is 3.37. The minimum Gasteiger partial charge on any atom is -0.454 e. The van der Waals surface area contributed by atoms with Crippen molar-refractivity contribution >= 4 is 35.1 Å². The van der Waals surface area contributed by atoms with Crippen LogP contribution in [0, 0.1) is 33.8 Å². The molecular formula is C19H19N3O7. The van der Waals surface area contributed by atoms with Crippen molar-refractivity contribution in [2.24, 2.45) is 23.7 Å². The molecule has 1 heterocycles. The lowest BCUT2D eigenvalue weighted by Crippen LogP contribution is -2.38. The lowest BCUT2D eigenvalue weighted by molar-refractivity contribution is -0.384. The number of hydrogen-bond acceptors (Lipinski definition) is 7. The third-order valence-corrected chi connectivity index (χ3v) is 6.01. The van der Waals surface area contributed by atoms with Gasteiger partial charge in [0.1, 0.15) is 6.54 Å². The number of carbonyl (C=O) groups is 4. The van der Waals surface area contributed by atoms with Crippen molar-refractivity contribution < 1.29 is 28.8 Å². The first-order chi connectivity index (χ1) is 13.8. The third kappa shape index (κ3) is 3.45. The molecule has 1 saturated heterocycles. The van der Waals surface area contributed by atoms with Gasteiger partial charge in [-0.25, -0.2) is 0 Å². The van der Waals surface area contributed by atoms with E-state index < -0.39 is 30.0 Å². The first-order valence-corrected chi connectivity index (χ1v) is 9.40. The van der Waals surface area contributed by atoms with Crippen LogP contribution < -0.4 is 5.32 Å². The summed E-state index contributed by atoms with van der Waals surface area (Å²) < 4.78 is 4.87. The molecule has 1 N–H and O–H groups in total. The van der Waals surface area contributed by atoms with Crippen LogP contribution in [0.25, 0.3) is 0 Å². The summed E-state index contributed by atoms with van der Waals surface area (Å²) in [7, 11) is 0. The van der Waals surface area contributed by atoms with E-state index in [0.717, 1.165) is 24.2 Å². The van der Waals surface area contributed by atoms with E-state index in [1.165, 1.54) is 24.3 Å². The molecule has 1 aromatic carbocycles. The van der Waals surface area contributed by atoms with E-state index in [4.69, 9.17) is 4.74 Å². The Morgan fingerprint density at radius 1 is 1.17 bits per heavy atom. The van der Waals surface area contributed by atoms with Gasteiger partial charge in [0.15, 0.2) is 6.61 Å².